The van der Waals surface area contributed by atoms with E-state index in [0.29, 0.717) is 0 Å². The summed E-state index contributed by atoms with van der Waals surface area (Å²) < 4.78 is 0. The van der Waals surface area contributed by atoms with Crippen LogP contribution in [0.25, 0.3) is 0 Å². The van der Waals surface area contributed by atoms with E-state index >= 15 is 0 Å². The number of phenolic OH excluding ortho intramolecular Hbond substituents is 2. The number of phenols is 2. The van der Waals surface area contributed by atoms with Gasteiger partial charge >= 0.3 is 48.9 Å². The maximum Gasteiger partial charge on any atom is 2.00 e. The fourth-order valence-corrected chi connectivity index (χ4v) is 3.83. The Hall–Kier alpha value is -2.35. The van der Waals surface area contributed by atoms with E-state index in [4.69, 9.17) is 0 Å². The van der Waals surface area contributed by atoms with Gasteiger partial charge in [-0.05, 0) is 46.5 Å². The van der Waals surface area contributed by atoms with Gasteiger partial charge in [-0.3, -0.25) is 0 Å². The topological polar surface area (TPSA) is 86.6 Å². The summed E-state index contributed by atoms with van der Waals surface area (Å²) in [5.74, 6) is 0.574. The van der Waals surface area contributed by atoms with E-state index in [1.165, 1.54) is 0 Å². The molecule has 4 aromatic rings. The molecule has 0 spiro atoms. The summed E-state index contributed by atoms with van der Waals surface area (Å²) in [6, 6.07) is 28.1. The predicted octanol–water partition coefficient (Wildman–Crippen LogP) is 5.20. The van der Waals surface area contributed by atoms with E-state index < -0.39 is 0 Å². The Morgan fingerprint density at radius 1 is 0.429 bits per heavy atom. The quantitative estimate of drug-likeness (QED) is 0.320. The van der Waals surface area contributed by atoms with Gasteiger partial charge in [0.25, 0.3) is 0 Å². The van der Waals surface area contributed by atoms with Gasteiger partial charge in [0.15, 0.2) is 0 Å². The number of aromatic hydroxyl groups is 2. The number of hydrogen-bond acceptors (Lipinski definition) is 4. The zero-order chi connectivity index (χ0) is 24.9. The van der Waals surface area contributed by atoms with Gasteiger partial charge in [-0.15, -0.1) is 11.5 Å². The molecule has 4 rings (SSSR count). The zero-order valence-corrected chi connectivity index (χ0v) is 25.1. The van der Waals surface area contributed by atoms with Crippen LogP contribution in [0.3, 0.4) is 0 Å². The molecule has 4 aromatic carbocycles. The normalized spacial score (nSPS) is 11.1. The fraction of sp³-hybridized carbons (Fsp3) is 0.200. The zero-order valence-electron chi connectivity index (χ0n) is 20.7. The molecule has 0 heterocycles. The van der Waals surface area contributed by atoms with E-state index in [-0.39, 0.29) is 82.7 Å². The maximum absolute atomic E-state index is 11.1. The number of benzene rings is 4. The first-order valence-electron chi connectivity index (χ1n) is 11.1. The molecule has 0 aromatic heterocycles. The molecule has 0 bridgehead atoms. The summed E-state index contributed by atoms with van der Waals surface area (Å²) in [4.78, 5) is 0. The van der Waals surface area contributed by atoms with Crippen LogP contribution in [0.5, 0.6) is 23.0 Å². The van der Waals surface area contributed by atoms with Crippen molar-refractivity contribution < 1.29 is 20.4 Å². The average Bonchev–Trinajstić information content (AvgIpc) is 2.81. The predicted molar refractivity (Wildman–Crippen MR) is 138 cm³/mol. The van der Waals surface area contributed by atoms with E-state index in [2.05, 4.69) is 27.7 Å². The first kappa shape index (κ1) is 28.9. The van der Waals surface area contributed by atoms with Crippen LogP contribution < -0.4 is 10.2 Å². The molecule has 0 radical (unpaired) electrons. The molecule has 0 aliphatic heterocycles. The number of rotatable bonds is 4. The molecular formula is C30H30BaO4. The monoisotopic (exact) mass is 592 g/mol. The Morgan fingerprint density at radius 2 is 0.629 bits per heavy atom. The summed E-state index contributed by atoms with van der Waals surface area (Å²) in [5.41, 5.74) is 4.02. The van der Waals surface area contributed by atoms with Gasteiger partial charge in [0.05, 0.1) is 0 Å². The van der Waals surface area contributed by atoms with Crippen LogP contribution in [-0.4, -0.2) is 59.1 Å². The van der Waals surface area contributed by atoms with Crippen LogP contribution in [0.4, 0.5) is 0 Å². The number of hydrogen-bond donors (Lipinski definition) is 2. The molecule has 0 aliphatic rings. The molecule has 0 unspecified atom stereocenters. The molecular weight excluding hydrogens is 562 g/mol. The van der Waals surface area contributed by atoms with Crippen molar-refractivity contribution in [1.82, 2.24) is 0 Å². The summed E-state index contributed by atoms with van der Waals surface area (Å²) in [6.07, 6.45) is 0. The first-order chi connectivity index (χ1) is 16.0. The van der Waals surface area contributed by atoms with Crippen molar-refractivity contribution in [2.45, 2.75) is 38.5 Å². The first-order valence-corrected chi connectivity index (χ1v) is 11.1. The summed E-state index contributed by atoms with van der Waals surface area (Å²) >= 11 is 0. The minimum atomic E-state index is -0.207. The molecule has 0 fully saturated rings. The van der Waals surface area contributed by atoms with Crippen molar-refractivity contribution >= 4 is 48.9 Å². The molecule has 0 saturated carbocycles. The molecule has 0 atom stereocenters. The van der Waals surface area contributed by atoms with Gasteiger partial charge in [0.1, 0.15) is 11.5 Å². The van der Waals surface area contributed by atoms with E-state index in [0.717, 1.165) is 22.3 Å². The van der Waals surface area contributed by atoms with Gasteiger partial charge < -0.3 is 20.4 Å². The second-order valence-corrected chi connectivity index (χ2v) is 9.39. The Morgan fingerprint density at radius 3 is 0.857 bits per heavy atom. The minimum Gasteiger partial charge on any atom is -0.872 e. The van der Waals surface area contributed by atoms with Gasteiger partial charge in [-0.25, -0.2) is 0 Å². The molecule has 2 N–H and O–H groups in total. The van der Waals surface area contributed by atoms with E-state index in [1.54, 1.807) is 48.5 Å². The smallest absolute Gasteiger partial charge is 0.872 e. The van der Waals surface area contributed by atoms with Gasteiger partial charge in [0.2, 0.25) is 0 Å². The third-order valence-electron chi connectivity index (χ3n) is 6.33. The third kappa shape index (κ3) is 7.32. The minimum absolute atomic E-state index is 0. The van der Waals surface area contributed by atoms with Crippen molar-refractivity contribution in [3.63, 3.8) is 0 Å². The molecule has 0 amide bonds. The van der Waals surface area contributed by atoms with E-state index in [1.807, 2.05) is 48.5 Å². The Balaban J connectivity index is 0.000000240. The largest absolute Gasteiger partial charge is 2.00 e. The van der Waals surface area contributed by atoms with Crippen molar-refractivity contribution in [2.75, 3.05) is 0 Å². The third-order valence-corrected chi connectivity index (χ3v) is 6.33. The molecule has 176 valence electrons. The standard InChI is InChI=1S/2C15H16O2.Ba/c2*1-15(2,11-3-7-13(16)8-4-11)12-5-9-14(17)10-6-12;/h2*3-10,16-17H,1-2H3;/q;;+2/p-2. The van der Waals surface area contributed by atoms with Gasteiger partial charge in [-0.1, -0.05) is 100 Å². The molecule has 0 saturated heterocycles. The average molecular weight is 592 g/mol. The fourth-order valence-electron chi connectivity index (χ4n) is 3.83. The second-order valence-electron chi connectivity index (χ2n) is 9.39. The summed E-state index contributed by atoms with van der Waals surface area (Å²) in [5, 5.41) is 40.8. The molecule has 0 aliphatic carbocycles. The van der Waals surface area contributed by atoms with Crippen LogP contribution in [-0.2, 0) is 10.8 Å². The summed E-state index contributed by atoms with van der Waals surface area (Å²) in [6.45, 7) is 8.39. The van der Waals surface area contributed by atoms with E-state index in [9.17, 15) is 20.4 Å². The Bertz CT molecular complexity index is 1000. The van der Waals surface area contributed by atoms with Crippen molar-refractivity contribution in [1.29, 1.82) is 0 Å². The van der Waals surface area contributed by atoms with Crippen LogP contribution in [0.2, 0.25) is 0 Å². The van der Waals surface area contributed by atoms with Crippen LogP contribution >= 0.6 is 0 Å². The Kier molecular flexibility index (Phi) is 9.96. The SMILES string of the molecule is CC(C)(c1ccc(O)cc1)c1ccc(O)cc1.CC(C)(c1ccc([O-])cc1)c1ccc([O-])cc1.[Ba+2]. The van der Waals surface area contributed by atoms with Crippen molar-refractivity contribution in [3.8, 4) is 23.0 Å². The van der Waals surface area contributed by atoms with Gasteiger partial charge in [0, 0.05) is 10.8 Å². The molecule has 4 nitrogen and oxygen atoms in total. The molecule has 5 heteroatoms. The molecule has 35 heavy (non-hydrogen) atoms. The van der Waals surface area contributed by atoms with Crippen molar-refractivity contribution in [2.24, 2.45) is 0 Å². The van der Waals surface area contributed by atoms with Crippen LogP contribution in [0.1, 0.15) is 49.9 Å². The van der Waals surface area contributed by atoms with Gasteiger partial charge in [-0.2, -0.15) is 0 Å². The second kappa shape index (κ2) is 12.1. The maximum atomic E-state index is 11.1. The van der Waals surface area contributed by atoms with Crippen molar-refractivity contribution in [3.05, 3.63) is 119 Å². The Labute approximate surface area is 248 Å². The van der Waals surface area contributed by atoms with Crippen LogP contribution in [0.15, 0.2) is 97.1 Å². The summed E-state index contributed by atoms with van der Waals surface area (Å²) in [7, 11) is 0. The van der Waals surface area contributed by atoms with Crippen LogP contribution in [0, 0.1) is 0 Å².